The standard InChI is InChI=1S/C14H27NO2S/c1-3-12(16-2)13(15)11-4-7-17-14(10-11)5-8-18-9-6-14/h11-13H,3-10,15H2,1-2H3. The van der Waals surface area contributed by atoms with Crippen molar-refractivity contribution < 1.29 is 9.47 Å². The van der Waals surface area contributed by atoms with E-state index < -0.39 is 0 Å². The normalized spacial score (nSPS) is 31.2. The smallest absolute Gasteiger partial charge is 0.0722 e. The summed E-state index contributed by atoms with van der Waals surface area (Å²) < 4.78 is 11.6. The van der Waals surface area contributed by atoms with Crippen LogP contribution in [0.2, 0.25) is 0 Å². The van der Waals surface area contributed by atoms with Gasteiger partial charge in [-0.3, -0.25) is 0 Å². The van der Waals surface area contributed by atoms with Gasteiger partial charge in [0.2, 0.25) is 0 Å². The summed E-state index contributed by atoms with van der Waals surface area (Å²) in [6.07, 6.45) is 5.82. The molecule has 3 unspecified atom stereocenters. The van der Waals surface area contributed by atoms with Crippen molar-refractivity contribution >= 4 is 11.8 Å². The summed E-state index contributed by atoms with van der Waals surface area (Å²) in [4.78, 5) is 0. The molecule has 0 aromatic carbocycles. The van der Waals surface area contributed by atoms with E-state index in [1.807, 2.05) is 0 Å². The number of thioether (sulfide) groups is 1. The van der Waals surface area contributed by atoms with Crippen LogP contribution in [0.1, 0.15) is 39.0 Å². The molecule has 2 rings (SSSR count). The van der Waals surface area contributed by atoms with Gasteiger partial charge in [-0.2, -0.15) is 11.8 Å². The highest BCUT2D eigenvalue weighted by molar-refractivity contribution is 7.99. The van der Waals surface area contributed by atoms with Gasteiger partial charge in [0.05, 0.1) is 11.7 Å². The van der Waals surface area contributed by atoms with Crippen LogP contribution in [-0.2, 0) is 9.47 Å². The molecule has 1 spiro atoms. The van der Waals surface area contributed by atoms with Gasteiger partial charge in [-0.1, -0.05) is 6.92 Å². The van der Waals surface area contributed by atoms with Gasteiger partial charge in [0.25, 0.3) is 0 Å². The molecule has 0 aromatic heterocycles. The van der Waals surface area contributed by atoms with Crippen molar-refractivity contribution in [1.82, 2.24) is 0 Å². The van der Waals surface area contributed by atoms with Crippen molar-refractivity contribution in [2.45, 2.75) is 56.8 Å². The second-order valence-corrected chi connectivity index (χ2v) is 6.88. The number of ether oxygens (including phenoxy) is 2. The molecule has 3 nitrogen and oxygen atoms in total. The first kappa shape index (κ1) is 14.6. The first-order valence-electron chi connectivity index (χ1n) is 7.21. The first-order valence-corrected chi connectivity index (χ1v) is 8.36. The van der Waals surface area contributed by atoms with Gasteiger partial charge in [0, 0.05) is 19.8 Å². The Morgan fingerprint density at radius 2 is 2.17 bits per heavy atom. The van der Waals surface area contributed by atoms with Crippen molar-refractivity contribution in [2.75, 3.05) is 25.2 Å². The van der Waals surface area contributed by atoms with Crippen LogP contribution >= 0.6 is 11.8 Å². The second kappa shape index (κ2) is 6.60. The largest absolute Gasteiger partial charge is 0.380 e. The third kappa shape index (κ3) is 3.21. The summed E-state index contributed by atoms with van der Waals surface area (Å²) in [5.41, 5.74) is 6.55. The maximum Gasteiger partial charge on any atom is 0.0722 e. The average Bonchev–Trinajstić information content (AvgIpc) is 2.41. The summed E-state index contributed by atoms with van der Waals surface area (Å²) >= 11 is 2.05. The summed E-state index contributed by atoms with van der Waals surface area (Å²) in [5, 5.41) is 0. The molecule has 2 N–H and O–H groups in total. The maximum absolute atomic E-state index is 6.42. The monoisotopic (exact) mass is 273 g/mol. The van der Waals surface area contributed by atoms with Crippen LogP contribution in [0.5, 0.6) is 0 Å². The molecule has 4 heteroatoms. The summed E-state index contributed by atoms with van der Waals surface area (Å²) in [6, 6.07) is 0.162. The zero-order valence-electron chi connectivity index (χ0n) is 11.7. The Labute approximate surface area is 115 Å². The first-order chi connectivity index (χ1) is 8.71. The lowest BCUT2D eigenvalue weighted by Gasteiger charge is -2.45. The lowest BCUT2D eigenvalue weighted by Crippen LogP contribution is -2.50. The van der Waals surface area contributed by atoms with Gasteiger partial charge < -0.3 is 15.2 Å². The molecule has 0 bridgehead atoms. The number of rotatable bonds is 4. The molecule has 2 aliphatic heterocycles. The molecule has 2 saturated heterocycles. The van der Waals surface area contributed by atoms with Gasteiger partial charge in [0.1, 0.15) is 0 Å². The molecular weight excluding hydrogens is 246 g/mol. The Morgan fingerprint density at radius 1 is 1.44 bits per heavy atom. The SMILES string of the molecule is CCC(OC)C(N)C1CCOC2(CCSCC2)C1. The molecule has 2 fully saturated rings. The molecule has 3 atom stereocenters. The van der Waals surface area contributed by atoms with E-state index in [2.05, 4.69) is 18.7 Å². The minimum absolute atomic E-state index is 0.137. The van der Waals surface area contributed by atoms with Crippen LogP contribution in [0.25, 0.3) is 0 Å². The third-order valence-corrected chi connectivity index (χ3v) is 5.60. The fourth-order valence-electron chi connectivity index (χ4n) is 3.39. The Kier molecular flexibility index (Phi) is 5.36. The topological polar surface area (TPSA) is 44.5 Å². The molecule has 18 heavy (non-hydrogen) atoms. The zero-order chi connectivity index (χ0) is 13.0. The molecular formula is C14H27NO2S. The van der Waals surface area contributed by atoms with Crippen LogP contribution in [0, 0.1) is 5.92 Å². The van der Waals surface area contributed by atoms with Gasteiger partial charge >= 0.3 is 0 Å². The zero-order valence-corrected chi connectivity index (χ0v) is 12.5. The van der Waals surface area contributed by atoms with E-state index >= 15 is 0 Å². The Morgan fingerprint density at radius 3 is 2.78 bits per heavy atom. The third-order valence-electron chi connectivity index (χ3n) is 4.61. The van der Waals surface area contributed by atoms with Crippen LogP contribution in [0.15, 0.2) is 0 Å². The molecule has 0 saturated carbocycles. The van der Waals surface area contributed by atoms with E-state index in [1.54, 1.807) is 7.11 Å². The van der Waals surface area contributed by atoms with Gasteiger partial charge in [0.15, 0.2) is 0 Å². The van der Waals surface area contributed by atoms with Crippen molar-refractivity contribution in [3.05, 3.63) is 0 Å². The number of methoxy groups -OCH3 is 1. The predicted octanol–water partition coefficient (Wildman–Crippen LogP) is 2.43. The number of hydrogen-bond acceptors (Lipinski definition) is 4. The minimum atomic E-state index is 0.137. The van der Waals surface area contributed by atoms with E-state index in [4.69, 9.17) is 15.2 Å². The molecule has 106 valence electrons. The number of nitrogens with two attached hydrogens (primary N) is 1. The molecule has 0 radical (unpaired) electrons. The van der Waals surface area contributed by atoms with Crippen molar-refractivity contribution in [3.63, 3.8) is 0 Å². The van der Waals surface area contributed by atoms with Crippen LogP contribution < -0.4 is 5.73 Å². The van der Waals surface area contributed by atoms with E-state index in [1.165, 1.54) is 24.3 Å². The molecule has 2 heterocycles. The molecule has 0 aromatic rings. The van der Waals surface area contributed by atoms with Crippen LogP contribution in [0.4, 0.5) is 0 Å². The molecule has 0 amide bonds. The summed E-state index contributed by atoms with van der Waals surface area (Å²) in [5.74, 6) is 3.04. The van der Waals surface area contributed by atoms with Crippen molar-refractivity contribution in [2.24, 2.45) is 11.7 Å². The fraction of sp³-hybridized carbons (Fsp3) is 1.00. The van der Waals surface area contributed by atoms with E-state index in [-0.39, 0.29) is 17.7 Å². The fourth-order valence-corrected chi connectivity index (χ4v) is 4.62. The second-order valence-electron chi connectivity index (χ2n) is 5.66. The van der Waals surface area contributed by atoms with Crippen LogP contribution in [0.3, 0.4) is 0 Å². The maximum atomic E-state index is 6.42. The Balaban J connectivity index is 1.97. The van der Waals surface area contributed by atoms with Crippen LogP contribution in [-0.4, -0.2) is 43.0 Å². The van der Waals surface area contributed by atoms with Gasteiger partial charge in [-0.25, -0.2) is 0 Å². The minimum Gasteiger partial charge on any atom is -0.380 e. The highest BCUT2D eigenvalue weighted by Crippen LogP contribution is 2.41. The highest BCUT2D eigenvalue weighted by atomic mass is 32.2. The van der Waals surface area contributed by atoms with Crippen molar-refractivity contribution in [3.8, 4) is 0 Å². The number of hydrogen-bond donors (Lipinski definition) is 1. The molecule has 0 aliphatic carbocycles. The van der Waals surface area contributed by atoms with Gasteiger partial charge in [-0.05, 0) is 49.5 Å². The van der Waals surface area contributed by atoms with E-state index in [9.17, 15) is 0 Å². The van der Waals surface area contributed by atoms with E-state index in [0.717, 1.165) is 25.9 Å². The Bertz CT molecular complexity index is 247. The average molecular weight is 273 g/mol. The highest BCUT2D eigenvalue weighted by Gasteiger charge is 2.41. The molecule has 2 aliphatic rings. The summed E-state index contributed by atoms with van der Waals surface area (Å²) in [6.45, 7) is 3.03. The van der Waals surface area contributed by atoms with Crippen molar-refractivity contribution in [1.29, 1.82) is 0 Å². The van der Waals surface area contributed by atoms with E-state index in [0.29, 0.717) is 5.92 Å². The van der Waals surface area contributed by atoms with Gasteiger partial charge in [-0.15, -0.1) is 0 Å². The quantitative estimate of drug-likeness (QED) is 0.854. The predicted molar refractivity (Wildman–Crippen MR) is 77.0 cm³/mol. The lowest BCUT2D eigenvalue weighted by atomic mass is 9.77. The lowest BCUT2D eigenvalue weighted by molar-refractivity contribution is -0.112. The Hall–Kier alpha value is 0.230. The summed E-state index contributed by atoms with van der Waals surface area (Å²) in [7, 11) is 1.78.